The van der Waals surface area contributed by atoms with Crippen LogP contribution in [0.1, 0.15) is 35.5 Å². The molecule has 1 aliphatic rings. The third kappa shape index (κ3) is 4.06. The molecule has 0 aliphatic carbocycles. The van der Waals surface area contributed by atoms with E-state index in [-0.39, 0.29) is 22.5 Å². The van der Waals surface area contributed by atoms with Crippen LogP contribution in [-0.4, -0.2) is 35.1 Å². The van der Waals surface area contributed by atoms with Crippen molar-refractivity contribution >= 4 is 17.4 Å². The first-order chi connectivity index (χ1) is 14.4. The number of aliphatic imine (C=N–C) groups is 1. The lowest BCUT2D eigenvalue weighted by atomic mass is 9.89. The van der Waals surface area contributed by atoms with Gasteiger partial charge in [-0.1, -0.05) is 0 Å². The SMILES string of the molecule is CC1(c2cc(NC(=O)c3ccc(C#N)cn3)ccc2F)COC(C)(C(F)(F)F)C(N)=N1. The van der Waals surface area contributed by atoms with Gasteiger partial charge >= 0.3 is 6.18 Å². The maximum absolute atomic E-state index is 14.6. The minimum Gasteiger partial charge on any atom is -0.385 e. The zero-order valence-electron chi connectivity index (χ0n) is 16.4. The van der Waals surface area contributed by atoms with E-state index < -0.39 is 41.5 Å². The van der Waals surface area contributed by atoms with Gasteiger partial charge in [-0.05, 0) is 44.2 Å². The number of aromatic nitrogens is 1. The third-order valence-electron chi connectivity index (χ3n) is 4.97. The summed E-state index contributed by atoms with van der Waals surface area (Å²) in [6.45, 7) is 1.54. The van der Waals surface area contributed by atoms with Crippen molar-refractivity contribution in [3.8, 4) is 6.07 Å². The van der Waals surface area contributed by atoms with Crippen molar-refractivity contribution in [2.75, 3.05) is 11.9 Å². The molecule has 1 amide bonds. The Morgan fingerprint density at radius 1 is 1.29 bits per heavy atom. The molecule has 162 valence electrons. The van der Waals surface area contributed by atoms with Crippen LogP contribution in [0.4, 0.5) is 23.2 Å². The minimum absolute atomic E-state index is 0.0142. The smallest absolute Gasteiger partial charge is 0.385 e. The van der Waals surface area contributed by atoms with Gasteiger partial charge < -0.3 is 15.8 Å². The Hall–Kier alpha value is -3.52. The summed E-state index contributed by atoms with van der Waals surface area (Å²) in [4.78, 5) is 20.1. The normalized spacial score (nSPS) is 23.6. The number of hydrogen-bond donors (Lipinski definition) is 2. The van der Waals surface area contributed by atoms with Crippen LogP contribution in [0.5, 0.6) is 0 Å². The number of halogens is 4. The number of benzene rings is 1. The van der Waals surface area contributed by atoms with E-state index in [9.17, 15) is 22.4 Å². The Labute approximate surface area is 174 Å². The van der Waals surface area contributed by atoms with Crippen LogP contribution in [0.3, 0.4) is 0 Å². The lowest BCUT2D eigenvalue weighted by molar-refractivity contribution is -0.249. The fourth-order valence-corrected chi connectivity index (χ4v) is 2.93. The number of nitriles is 1. The van der Waals surface area contributed by atoms with Gasteiger partial charge in [0.25, 0.3) is 5.91 Å². The van der Waals surface area contributed by atoms with Gasteiger partial charge in [-0.25, -0.2) is 9.37 Å². The van der Waals surface area contributed by atoms with Crippen molar-refractivity contribution in [1.29, 1.82) is 5.26 Å². The van der Waals surface area contributed by atoms with Crippen LogP contribution in [-0.2, 0) is 10.3 Å². The predicted molar refractivity (Wildman–Crippen MR) is 103 cm³/mol. The highest BCUT2D eigenvalue weighted by molar-refractivity contribution is 6.02. The number of nitrogens with one attached hydrogen (secondary N) is 1. The molecule has 1 aromatic heterocycles. The van der Waals surface area contributed by atoms with Crippen molar-refractivity contribution in [3.63, 3.8) is 0 Å². The van der Waals surface area contributed by atoms with Crippen LogP contribution in [0.25, 0.3) is 0 Å². The summed E-state index contributed by atoms with van der Waals surface area (Å²) in [5.74, 6) is -2.21. The van der Waals surface area contributed by atoms with Gasteiger partial charge in [-0.2, -0.15) is 18.4 Å². The molecule has 2 atom stereocenters. The molecule has 0 fully saturated rings. The molecule has 11 heteroatoms. The summed E-state index contributed by atoms with van der Waals surface area (Å²) in [6, 6.07) is 8.20. The average Bonchev–Trinajstić information content (AvgIpc) is 2.71. The van der Waals surface area contributed by atoms with Crippen molar-refractivity contribution in [2.24, 2.45) is 10.7 Å². The number of nitrogens with zero attached hydrogens (tertiary/aromatic N) is 3. The van der Waals surface area contributed by atoms with E-state index in [1.807, 2.05) is 6.07 Å². The van der Waals surface area contributed by atoms with E-state index >= 15 is 0 Å². The molecule has 1 aliphatic heterocycles. The maximum Gasteiger partial charge on any atom is 0.424 e. The summed E-state index contributed by atoms with van der Waals surface area (Å²) < 4.78 is 59.4. The van der Waals surface area contributed by atoms with Crippen LogP contribution >= 0.6 is 0 Å². The molecule has 0 bridgehead atoms. The van der Waals surface area contributed by atoms with Gasteiger partial charge in [0.05, 0.1) is 12.2 Å². The molecule has 3 rings (SSSR count). The zero-order chi connectivity index (χ0) is 23.0. The van der Waals surface area contributed by atoms with E-state index in [1.54, 1.807) is 0 Å². The van der Waals surface area contributed by atoms with Crippen LogP contribution in [0, 0.1) is 17.1 Å². The number of pyridine rings is 1. The van der Waals surface area contributed by atoms with Gasteiger partial charge in [0.2, 0.25) is 5.60 Å². The number of hydrogen-bond acceptors (Lipinski definition) is 6. The van der Waals surface area contributed by atoms with Gasteiger partial charge in [-0.3, -0.25) is 9.79 Å². The first kappa shape index (κ1) is 22.2. The molecular weight excluding hydrogens is 418 g/mol. The number of alkyl halides is 3. The highest BCUT2D eigenvalue weighted by atomic mass is 19.4. The second-order valence-electron chi connectivity index (χ2n) is 7.28. The number of anilines is 1. The number of amides is 1. The van der Waals surface area contributed by atoms with Gasteiger partial charge in [0.15, 0.2) is 0 Å². The van der Waals surface area contributed by atoms with E-state index in [4.69, 9.17) is 15.7 Å². The maximum atomic E-state index is 14.6. The molecule has 0 saturated carbocycles. The van der Waals surface area contributed by atoms with E-state index in [0.717, 1.165) is 13.0 Å². The summed E-state index contributed by atoms with van der Waals surface area (Å²) in [6.07, 6.45) is -3.58. The van der Waals surface area contributed by atoms with E-state index in [2.05, 4.69) is 15.3 Å². The van der Waals surface area contributed by atoms with Crippen molar-refractivity contribution in [3.05, 3.63) is 59.2 Å². The lowest BCUT2D eigenvalue weighted by Gasteiger charge is -2.41. The number of rotatable bonds is 3. The van der Waals surface area contributed by atoms with E-state index in [0.29, 0.717) is 0 Å². The second-order valence-corrected chi connectivity index (χ2v) is 7.28. The third-order valence-corrected chi connectivity index (χ3v) is 4.97. The molecule has 3 N–H and O–H groups in total. The van der Waals surface area contributed by atoms with Gasteiger partial charge in [-0.15, -0.1) is 0 Å². The van der Waals surface area contributed by atoms with Crippen molar-refractivity contribution < 1.29 is 27.1 Å². The Morgan fingerprint density at radius 3 is 2.55 bits per heavy atom. The number of carbonyl (C=O) groups excluding carboxylic acids is 1. The highest BCUT2D eigenvalue weighted by Crippen LogP contribution is 2.41. The summed E-state index contributed by atoms with van der Waals surface area (Å²) in [7, 11) is 0. The number of ether oxygens (including phenoxy) is 1. The second kappa shape index (κ2) is 7.63. The number of amidine groups is 1. The quantitative estimate of drug-likeness (QED) is 0.719. The molecule has 2 aromatic rings. The van der Waals surface area contributed by atoms with E-state index in [1.165, 1.54) is 37.4 Å². The molecule has 0 saturated heterocycles. The predicted octanol–water partition coefficient (Wildman–Crippen LogP) is 3.27. The Kier molecular flexibility index (Phi) is 5.45. The van der Waals surface area contributed by atoms with Crippen LogP contribution < -0.4 is 11.1 Å². The monoisotopic (exact) mass is 435 g/mol. The molecule has 2 unspecified atom stereocenters. The topological polar surface area (TPSA) is 113 Å². The number of nitrogens with two attached hydrogens (primary N) is 1. The summed E-state index contributed by atoms with van der Waals surface area (Å²) >= 11 is 0. The first-order valence-electron chi connectivity index (χ1n) is 8.94. The Morgan fingerprint density at radius 2 is 2.00 bits per heavy atom. The van der Waals surface area contributed by atoms with Gasteiger partial charge in [0.1, 0.15) is 29.0 Å². The standard InChI is InChI=1S/C20H17F4N5O2/c1-18(10-31-19(2,17(26)29-18)20(22,23)24)13-7-12(4-5-14(13)21)28-16(30)15-6-3-11(8-25)9-27-15/h3-7,9H,10H2,1-2H3,(H2,26,29)(H,28,30). The average molecular weight is 435 g/mol. The first-order valence-corrected chi connectivity index (χ1v) is 8.94. The van der Waals surface area contributed by atoms with Crippen LogP contribution in [0.2, 0.25) is 0 Å². The molecule has 0 radical (unpaired) electrons. The summed E-state index contributed by atoms with van der Waals surface area (Å²) in [5.41, 5.74) is 1.57. The zero-order valence-corrected chi connectivity index (χ0v) is 16.4. The van der Waals surface area contributed by atoms with Gasteiger partial charge in [0, 0.05) is 17.4 Å². The molecular formula is C20H17F4N5O2. The highest BCUT2D eigenvalue weighted by Gasteiger charge is 2.59. The molecule has 2 heterocycles. The largest absolute Gasteiger partial charge is 0.424 e. The summed E-state index contributed by atoms with van der Waals surface area (Å²) in [5, 5.41) is 11.3. The molecule has 31 heavy (non-hydrogen) atoms. The lowest BCUT2D eigenvalue weighted by Crippen LogP contribution is -2.60. The van der Waals surface area contributed by atoms with Crippen molar-refractivity contribution in [2.45, 2.75) is 31.2 Å². The Balaban J connectivity index is 1.91. The molecule has 7 nitrogen and oxygen atoms in total. The molecule has 0 spiro atoms. The minimum atomic E-state index is -4.80. The fourth-order valence-electron chi connectivity index (χ4n) is 2.93. The number of carbonyl (C=O) groups is 1. The fraction of sp³-hybridized carbons (Fsp3) is 0.300. The molecule has 1 aromatic carbocycles. The van der Waals surface area contributed by atoms with Crippen LogP contribution in [0.15, 0.2) is 41.5 Å². The van der Waals surface area contributed by atoms with Crippen molar-refractivity contribution in [1.82, 2.24) is 4.98 Å². The Bertz CT molecular complexity index is 1090.